The normalized spacial score (nSPS) is 19.0. The Morgan fingerprint density at radius 3 is 2.68 bits per heavy atom. The molecule has 5 rings (SSSR count). The van der Waals surface area contributed by atoms with Crippen molar-refractivity contribution >= 4 is 43.0 Å². The van der Waals surface area contributed by atoms with Crippen LogP contribution in [0.1, 0.15) is 16.8 Å². The van der Waals surface area contributed by atoms with Crippen molar-refractivity contribution in [1.82, 2.24) is 20.2 Å². The molecule has 0 spiro atoms. The van der Waals surface area contributed by atoms with E-state index in [9.17, 15) is 8.42 Å². The zero-order chi connectivity index (χ0) is 19.3. The molecular formula is C18H20N6O2S2. The van der Waals surface area contributed by atoms with Crippen LogP contribution in [0.4, 0.5) is 11.6 Å². The second-order valence-corrected chi connectivity index (χ2v) is 10.3. The third-order valence-electron chi connectivity index (χ3n) is 5.39. The summed E-state index contributed by atoms with van der Waals surface area (Å²) in [5, 5.41) is 10.8. The summed E-state index contributed by atoms with van der Waals surface area (Å²) in [6.45, 7) is 5.29. The zero-order valence-electron chi connectivity index (χ0n) is 15.5. The van der Waals surface area contributed by atoms with Crippen LogP contribution in [0.25, 0.3) is 10.2 Å². The van der Waals surface area contributed by atoms with Crippen LogP contribution < -0.4 is 9.80 Å². The predicted octanol–water partition coefficient (Wildman–Crippen LogP) is 1.59. The summed E-state index contributed by atoms with van der Waals surface area (Å²) in [6, 6.07) is 1.90. The highest BCUT2D eigenvalue weighted by molar-refractivity contribution is 7.90. The van der Waals surface area contributed by atoms with Gasteiger partial charge in [0.05, 0.1) is 27.4 Å². The summed E-state index contributed by atoms with van der Waals surface area (Å²) in [4.78, 5) is 13.4. The lowest BCUT2D eigenvalue weighted by molar-refractivity contribution is 0.589. The number of hydrogen-bond acceptors (Lipinski definition) is 9. The molecule has 28 heavy (non-hydrogen) atoms. The lowest BCUT2D eigenvalue weighted by atomic mass is 10.2. The van der Waals surface area contributed by atoms with Gasteiger partial charge in [-0.25, -0.2) is 18.4 Å². The summed E-state index contributed by atoms with van der Waals surface area (Å²) >= 11 is 1.69. The molecule has 146 valence electrons. The molecule has 8 nitrogen and oxygen atoms in total. The molecule has 0 unspecified atom stereocenters. The van der Waals surface area contributed by atoms with E-state index in [1.807, 2.05) is 6.07 Å². The summed E-state index contributed by atoms with van der Waals surface area (Å²) in [5.74, 6) is 1.99. The lowest BCUT2D eigenvalue weighted by Gasteiger charge is -2.36. The molecule has 2 aliphatic rings. The van der Waals surface area contributed by atoms with E-state index in [4.69, 9.17) is 0 Å². The number of aromatic nitrogens is 4. The number of nitrogens with zero attached hydrogens (tertiary/aromatic N) is 6. The van der Waals surface area contributed by atoms with Crippen LogP contribution >= 0.6 is 11.3 Å². The van der Waals surface area contributed by atoms with Gasteiger partial charge in [-0.2, -0.15) is 5.10 Å². The minimum atomic E-state index is -3.01. The van der Waals surface area contributed by atoms with Crippen LogP contribution in [0, 0.1) is 6.92 Å². The van der Waals surface area contributed by atoms with E-state index >= 15 is 0 Å². The topological polar surface area (TPSA) is 92.2 Å². The highest BCUT2D eigenvalue weighted by Crippen LogP contribution is 2.31. The first kappa shape index (κ1) is 17.7. The van der Waals surface area contributed by atoms with Gasteiger partial charge in [0.15, 0.2) is 15.7 Å². The smallest absolute Gasteiger partial charge is 0.154 e. The van der Waals surface area contributed by atoms with Gasteiger partial charge in [0, 0.05) is 32.6 Å². The van der Waals surface area contributed by atoms with Crippen LogP contribution in [0.2, 0.25) is 0 Å². The van der Waals surface area contributed by atoms with Gasteiger partial charge in [0.25, 0.3) is 0 Å². The maximum absolute atomic E-state index is 11.9. The molecular weight excluding hydrogens is 396 g/mol. The highest BCUT2D eigenvalue weighted by atomic mass is 32.2. The Hall–Kier alpha value is -2.33. The Morgan fingerprint density at radius 2 is 1.86 bits per heavy atom. The van der Waals surface area contributed by atoms with Crippen molar-refractivity contribution < 1.29 is 8.42 Å². The van der Waals surface area contributed by atoms with Crippen LogP contribution in [0.15, 0.2) is 17.8 Å². The average molecular weight is 417 g/mol. The molecule has 3 aromatic rings. The number of hydrogen-bond donors (Lipinski definition) is 0. The first-order valence-corrected chi connectivity index (χ1v) is 11.9. The van der Waals surface area contributed by atoms with Crippen LogP contribution in [-0.4, -0.2) is 60.5 Å². The lowest BCUT2D eigenvalue weighted by Crippen LogP contribution is -2.47. The van der Waals surface area contributed by atoms with Crippen molar-refractivity contribution in [3.05, 3.63) is 34.6 Å². The first-order chi connectivity index (χ1) is 13.5. The molecule has 0 aliphatic carbocycles. The summed E-state index contributed by atoms with van der Waals surface area (Å²) in [5.41, 5.74) is 3.82. The molecule has 0 atom stereocenters. The highest BCUT2D eigenvalue weighted by Gasteiger charge is 2.26. The number of fused-ring (bicyclic) bond motifs is 2. The molecule has 2 aliphatic heterocycles. The molecule has 0 bridgehead atoms. The summed E-state index contributed by atoms with van der Waals surface area (Å²) < 4.78 is 25.0. The van der Waals surface area contributed by atoms with Crippen LogP contribution in [0.5, 0.6) is 0 Å². The molecule has 0 amide bonds. The van der Waals surface area contributed by atoms with Crippen molar-refractivity contribution in [1.29, 1.82) is 0 Å². The predicted molar refractivity (Wildman–Crippen MR) is 110 cm³/mol. The number of aryl methyl sites for hydroxylation is 2. The van der Waals surface area contributed by atoms with Crippen molar-refractivity contribution in [2.75, 3.05) is 41.7 Å². The monoisotopic (exact) mass is 416 g/mol. The van der Waals surface area contributed by atoms with Crippen LogP contribution in [0.3, 0.4) is 0 Å². The summed E-state index contributed by atoms with van der Waals surface area (Å²) in [6.07, 6.45) is 2.10. The van der Waals surface area contributed by atoms with Crippen molar-refractivity contribution in [3.63, 3.8) is 0 Å². The molecule has 10 heteroatoms. The quantitative estimate of drug-likeness (QED) is 0.622. The Kier molecular flexibility index (Phi) is 4.20. The zero-order valence-corrected chi connectivity index (χ0v) is 17.1. The Bertz CT molecular complexity index is 1150. The van der Waals surface area contributed by atoms with Gasteiger partial charge >= 0.3 is 0 Å². The van der Waals surface area contributed by atoms with E-state index in [1.165, 1.54) is 5.56 Å². The number of sulfone groups is 1. The van der Waals surface area contributed by atoms with Gasteiger partial charge < -0.3 is 9.80 Å². The van der Waals surface area contributed by atoms with E-state index in [1.54, 1.807) is 17.7 Å². The van der Waals surface area contributed by atoms with Crippen molar-refractivity contribution in [3.8, 4) is 0 Å². The maximum Gasteiger partial charge on any atom is 0.154 e. The van der Waals surface area contributed by atoms with Gasteiger partial charge in [0.1, 0.15) is 12.1 Å². The van der Waals surface area contributed by atoms with Gasteiger partial charge in [-0.15, -0.1) is 16.4 Å². The van der Waals surface area contributed by atoms with Gasteiger partial charge in [-0.1, -0.05) is 0 Å². The van der Waals surface area contributed by atoms with E-state index < -0.39 is 9.84 Å². The fourth-order valence-electron chi connectivity index (χ4n) is 3.82. The molecule has 3 aromatic heterocycles. The Morgan fingerprint density at radius 1 is 1.07 bits per heavy atom. The molecule has 0 radical (unpaired) electrons. The number of anilines is 2. The molecule has 0 N–H and O–H groups in total. The van der Waals surface area contributed by atoms with Gasteiger partial charge in [-0.05, 0) is 29.5 Å². The van der Waals surface area contributed by atoms with Crippen molar-refractivity contribution in [2.24, 2.45) is 0 Å². The fourth-order valence-corrected chi connectivity index (χ4v) is 6.22. The number of piperazine rings is 1. The summed E-state index contributed by atoms with van der Waals surface area (Å²) in [7, 11) is -3.01. The fraction of sp³-hybridized carbons (Fsp3) is 0.444. The third-order valence-corrected chi connectivity index (χ3v) is 8.05. The minimum absolute atomic E-state index is 0.0709. The largest absolute Gasteiger partial charge is 0.352 e. The Labute approximate surface area is 167 Å². The number of thiophene rings is 1. The number of rotatable bonds is 2. The minimum Gasteiger partial charge on any atom is -0.352 e. The van der Waals surface area contributed by atoms with E-state index in [-0.39, 0.29) is 11.5 Å². The molecule has 1 saturated heterocycles. The van der Waals surface area contributed by atoms with E-state index in [2.05, 4.69) is 42.3 Å². The maximum atomic E-state index is 11.9. The van der Waals surface area contributed by atoms with Gasteiger partial charge in [-0.3, -0.25) is 0 Å². The standard InChI is InChI=1S/C18H20N6O2S2/c1-12-9-27-17-16(12)19-11-20-18(17)24-5-3-23(4-6-24)15-8-13-10-28(25,26)7-2-14(13)21-22-15/h8-9,11H,2-7,10H2,1H3. The van der Waals surface area contributed by atoms with E-state index in [0.717, 1.165) is 59.3 Å². The molecule has 0 aromatic carbocycles. The molecule has 1 fully saturated rings. The van der Waals surface area contributed by atoms with Crippen LogP contribution in [-0.2, 0) is 22.0 Å². The van der Waals surface area contributed by atoms with E-state index in [0.29, 0.717) is 6.42 Å². The van der Waals surface area contributed by atoms with Gasteiger partial charge in [0.2, 0.25) is 0 Å². The Balaban J connectivity index is 1.35. The second-order valence-electron chi connectivity index (χ2n) is 7.28. The third kappa shape index (κ3) is 3.10. The first-order valence-electron chi connectivity index (χ1n) is 9.25. The second kappa shape index (κ2) is 6.63. The molecule has 5 heterocycles. The molecule has 0 saturated carbocycles. The SMILES string of the molecule is Cc1csc2c(N3CCN(c4cc5c(nn4)CCS(=O)(=O)C5)CC3)ncnc12. The van der Waals surface area contributed by atoms with Crippen molar-refractivity contribution in [2.45, 2.75) is 19.1 Å². The average Bonchev–Trinajstić information content (AvgIpc) is 3.08.